The van der Waals surface area contributed by atoms with Crippen molar-refractivity contribution in [1.29, 1.82) is 0 Å². The van der Waals surface area contributed by atoms with E-state index in [1.807, 2.05) is 13.1 Å². The van der Waals surface area contributed by atoms with Crippen LogP contribution in [0.5, 0.6) is 5.88 Å². The van der Waals surface area contributed by atoms with E-state index in [1.165, 1.54) is 25.7 Å². The molecule has 0 saturated heterocycles. The number of aliphatic imine (C=N–C) groups is 1. The third-order valence-electron chi connectivity index (χ3n) is 4.29. The maximum atomic E-state index is 6.09. The second-order valence-electron chi connectivity index (χ2n) is 6.17. The van der Waals surface area contributed by atoms with Gasteiger partial charge in [-0.05, 0) is 38.2 Å². The number of hydrogen-bond acceptors (Lipinski definition) is 3. The van der Waals surface area contributed by atoms with Crippen molar-refractivity contribution < 1.29 is 4.74 Å². The number of hydrogen-bond donors (Lipinski definition) is 1. The van der Waals surface area contributed by atoms with Gasteiger partial charge in [-0.25, -0.2) is 4.98 Å². The van der Waals surface area contributed by atoms with E-state index in [1.54, 1.807) is 6.20 Å². The molecule has 23 heavy (non-hydrogen) atoms. The molecule has 1 N–H and O–H groups in total. The lowest BCUT2D eigenvalue weighted by Gasteiger charge is -2.22. The number of ether oxygens (including phenoxy) is 1. The third kappa shape index (κ3) is 5.41. The number of unbranched alkanes of at least 4 members (excludes halogenated alkanes) is 1. The molecule has 0 atom stereocenters. The molecule has 0 radical (unpaired) electrons. The summed E-state index contributed by atoms with van der Waals surface area (Å²) in [6.45, 7) is 3.89. The summed E-state index contributed by atoms with van der Waals surface area (Å²) >= 11 is 0. The van der Waals surface area contributed by atoms with Crippen molar-refractivity contribution in [1.82, 2.24) is 15.2 Å². The summed E-state index contributed by atoms with van der Waals surface area (Å²) in [4.78, 5) is 10.9. The summed E-state index contributed by atoms with van der Waals surface area (Å²) in [7, 11) is 3.90. The second-order valence-corrected chi connectivity index (χ2v) is 6.17. The van der Waals surface area contributed by atoms with E-state index in [2.05, 4.69) is 40.2 Å². The van der Waals surface area contributed by atoms with Crippen LogP contribution in [0, 0.1) is 0 Å². The zero-order chi connectivity index (χ0) is 16.5. The minimum Gasteiger partial charge on any atom is -0.474 e. The number of aromatic nitrogens is 1. The van der Waals surface area contributed by atoms with Crippen molar-refractivity contribution in [3.8, 4) is 5.88 Å². The lowest BCUT2D eigenvalue weighted by molar-refractivity contribution is 0.199. The van der Waals surface area contributed by atoms with E-state index in [0.29, 0.717) is 12.6 Å². The fraction of sp³-hybridized carbons (Fsp3) is 0.667. The van der Waals surface area contributed by atoms with Crippen LogP contribution in [0.1, 0.15) is 51.0 Å². The van der Waals surface area contributed by atoms with Gasteiger partial charge in [-0.15, -0.1) is 0 Å². The highest BCUT2D eigenvalue weighted by atomic mass is 16.5. The summed E-state index contributed by atoms with van der Waals surface area (Å²) in [6.07, 6.45) is 9.30. The number of nitrogens with zero attached hydrogens (tertiary/aromatic N) is 3. The average molecular weight is 318 g/mol. The SMILES string of the molecule is CCCCN(C)C(=NC)NCc1cccnc1OC1CCCC1. The Kier molecular flexibility index (Phi) is 7.17. The average Bonchev–Trinajstić information content (AvgIpc) is 3.08. The molecule has 1 aromatic heterocycles. The van der Waals surface area contributed by atoms with Crippen molar-refractivity contribution in [2.24, 2.45) is 4.99 Å². The fourth-order valence-corrected chi connectivity index (χ4v) is 2.89. The number of nitrogens with one attached hydrogen (secondary N) is 1. The molecule has 1 aromatic rings. The molecule has 0 aromatic carbocycles. The molecule has 2 rings (SSSR count). The molecule has 0 unspecified atom stereocenters. The quantitative estimate of drug-likeness (QED) is 0.619. The Labute approximate surface area is 140 Å². The smallest absolute Gasteiger partial charge is 0.218 e. The van der Waals surface area contributed by atoms with Gasteiger partial charge in [-0.1, -0.05) is 19.4 Å². The normalized spacial score (nSPS) is 15.7. The summed E-state index contributed by atoms with van der Waals surface area (Å²) in [5.74, 6) is 1.67. The Morgan fingerprint density at radius 1 is 1.43 bits per heavy atom. The molecule has 0 amide bonds. The van der Waals surface area contributed by atoms with Crippen molar-refractivity contribution in [2.45, 2.75) is 58.1 Å². The van der Waals surface area contributed by atoms with Gasteiger partial charge in [0.05, 0.1) is 0 Å². The minimum absolute atomic E-state index is 0.329. The first-order valence-electron chi connectivity index (χ1n) is 8.77. The first-order valence-corrected chi connectivity index (χ1v) is 8.77. The lowest BCUT2D eigenvalue weighted by atomic mass is 10.2. The highest BCUT2D eigenvalue weighted by Gasteiger charge is 2.18. The van der Waals surface area contributed by atoms with Crippen LogP contribution >= 0.6 is 0 Å². The number of guanidine groups is 1. The zero-order valence-corrected chi connectivity index (χ0v) is 14.7. The molecule has 128 valence electrons. The standard InChI is InChI=1S/C18H30N4O/c1-4-5-13-22(3)18(19-2)21-14-15-9-8-12-20-17(15)23-16-10-6-7-11-16/h8-9,12,16H,4-7,10-11,13-14H2,1-3H3,(H,19,21). The molecule has 1 aliphatic rings. The largest absolute Gasteiger partial charge is 0.474 e. The van der Waals surface area contributed by atoms with Crippen molar-refractivity contribution in [3.63, 3.8) is 0 Å². The van der Waals surface area contributed by atoms with Gasteiger partial charge >= 0.3 is 0 Å². The van der Waals surface area contributed by atoms with Gasteiger partial charge in [0, 0.05) is 38.9 Å². The molecule has 5 nitrogen and oxygen atoms in total. The Bertz CT molecular complexity index is 498. The monoisotopic (exact) mass is 318 g/mol. The lowest BCUT2D eigenvalue weighted by Crippen LogP contribution is -2.39. The Hall–Kier alpha value is -1.78. The van der Waals surface area contributed by atoms with E-state index in [9.17, 15) is 0 Å². The predicted molar refractivity (Wildman–Crippen MR) is 94.9 cm³/mol. The molecule has 0 bridgehead atoms. The highest BCUT2D eigenvalue weighted by molar-refractivity contribution is 5.79. The maximum absolute atomic E-state index is 6.09. The molecular weight excluding hydrogens is 288 g/mol. The van der Waals surface area contributed by atoms with E-state index in [0.717, 1.165) is 36.8 Å². The Morgan fingerprint density at radius 2 is 2.22 bits per heavy atom. The molecule has 1 aliphatic carbocycles. The van der Waals surface area contributed by atoms with Gasteiger partial charge in [-0.2, -0.15) is 0 Å². The molecule has 5 heteroatoms. The predicted octanol–water partition coefficient (Wildman–Crippen LogP) is 3.21. The first kappa shape index (κ1) is 17.6. The van der Waals surface area contributed by atoms with Gasteiger partial charge < -0.3 is 15.0 Å². The topological polar surface area (TPSA) is 49.8 Å². The van der Waals surface area contributed by atoms with Crippen LogP contribution in [-0.4, -0.2) is 42.6 Å². The van der Waals surface area contributed by atoms with Crippen molar-refractivity contribution >= 4 is 5.96 Å². The zero-order valence-electron chi connectivity index (χ0n) is 14.7. The van der Waals surface area contributed by atoms with Crippen LogP contribution in [0.15, 0.2) is 23.3 Å². The molecular formula is C18H30N4O. The van der Waals surface area contributed by atoms with Gasteiger partial charge in [0.1, 0.15) is 6.10 Å². The summed E-state index contributed by atoms with van der Waals surface area (Å²) in [5, 5.41) is 3.42. The number of pyridine rings is 1. The number of rotatable bonds is 7. The van der Waals surface area contributed by atoms with E-state index in [-0.39, 0.29) is 0 Å². The van der Waals surface area contributed by atoms with Gasteiger partial charge in [0.15, 0.2) is 5.96 Å². The summed E-state index contributed by atoms with van der Waals surface area (Å²) in [6, 6.07) is 4.03. The minimum atomic E-state index is 0.329. The maximum Gasteiger partial charge on any atom is 0.218 e. The molecule has 1 fully saturated rings. The third-order valence-corrected chi connectivity index (χ3v) is 4.29. The van der Waals surface area contributed by atoms with Crippen LogP contribution < -0.4 is 10.1 Å². The van der Waals surface area contributed by atoms with Gasteiger partial charge in [0.2, 0.25) is 5.88 Å². The van der Waals surface area contributed by atoms with Crippen LogP contribution in [0.3, 0.4) is 0 Å². The molecule has 0 aliphatic heterocycles. The Morgan fingerprint density at radius 3 is 2.91 bits per heavy atom. The summed E-state index contributed by atoms with van der Waals surface area (Å²) < 4.78 is 6.09. The van der Waals surface area contributed by atoms with E-state index >= 15 is 0 Å². The molecule has 0 spiro atoms. The van der Waals surface area contributed by atoms with Gasteiger partial charge in [0.25, 0.3) is 0 Å². The fourth-order valence-electron chi connectivity index (χ4n) is 2.89. The molecule has 1 saturated carbocycles. The van der Waals surface area contributed by atoms with Crippen molar-refractivity contribution in [3.05, 3.63) is 23.9 Å². The van der Waals surface area contributed by atoms with Crippen LogP contribution in [0.25, 0.3) is 0 Å². The van der Waals surface area contributed by atoms with E-state index in [4.69, 9.17) is 4.74 Å². The van der Waals surface area contributed by atoms with Crippen LogP contribution in [-0.2, 0) is 6.54 Å². The van der Waals surface area contributed by atoms with Crippen LogP contribution in [0.2, 0.25) is 0 Å². The van der Waals surface area contributed by atoms with Gasteiger partial charge in [-0.3, -0.25) is 4.99 Å². The second kappa shape index (κ2) is 9.38. The molecule has 1 heterocycles. The van der Waals surface area contributed by atoms with Crippen molar-refractivity contribution in [2.75, 3.05) is 20.6 Å². The Balaban J connectivity index is 1.93. The van der Waals surface area contributed by atoms with Crippen LogP contribution in [0.4, 0.5) is 0 Å². The summed E-state index contributed by atoms with van der Waals surface area (Å²) in [5.41, 5.74) is 1.09. The highest BCUT2D eigenvalue weighted by Crippen LogP contribution is 2.24. The van der Waals surface area contributed by atoms with E-state index < -0.39 is 0 Å². The first-order chi connectivity index (χ1) is 11.2.